The number of halogens is 3. The fraction of sp³-hybridized carbons (Fsp3) is 0.833. The van der Waals surface area contributed by atoms with Gasteiger partial charge in [0.25, 0.3) is 0 Å². The normalized spacial score (nSPS) is 31.6. The van der Waals surface area contributed by atoms with Crippen LogP contribution in [0.1, 0.15) is 13.3 Å². The lowest BCUT2D eigenvalue weighted by molar-refractivity contribution is -0.0961. The van der Waals surface area contributed by atoms with Crippen molar-refractivity contribution in [1.82, 2.24) is 10.2 Å². The van der Waals surface area contributed by atoms with Crippen LogP contribution in [0.4, 0.5) is 13.2 Å². The van der Waals surface area contributed by atoms with Gasteiger partial charge in [0.05, 0.1) is 0 Å². The maximum Gasteiger partial charge on any atom is 0.412 e. The van der Waals surface area contributed by atoms with Gasteiger partial charge in [-0.25, -0.2) is 0 Å². The molecule has 2 aliphatic rings. The number of hydrogen-bond donors (Lipinski definition) is 1. The number of nitrogens with zero attached hydrogens (tertiary/aromatic N) is 1. The molecule has 0 saturated carbocycles. The van der Waals surface area contributed by atoms with Crippen LogP contribution in [0.25, 0.3) is 0 Å². The van der Waals surface area contributed by atoms with Gasteiger partial charge in [-0.2, -0.15) is 13.2 Å². The highest BCUT2D eigenvalue weighted by molar-refractivity contribution is 5.13. The molecule has 1 fully saturated rings. The Morgan fingerprint density at radius 2 is 2.18 bits per heavy atom. The third-order valence-electron chi connectivity index (χ3n) is 3.83. The summed E-state index contributed by atoms with van der Waals surface area (Å²) in [5.74, 6) is 1.21. The fourth-order valence-corrected chi connectivity index (χ4v) is 2.57. The molecule has 0 bridgehead atoms. The van der Waals surface area contributed by atoms with E-state index in [-0.39, 0.29) is 12.0 Å². The Labute approximate surface area is 99.9 Å². The maximum atomic E-state index is 12.4. The van der Waals surface area contributed by atoms with E-state index in [1.165, 1.54) is 6.08 Å². The maximum absolute atomic E-state index is 12.4. The van der Waals surface area contributed by atoms with Crippen LogP contribution in [0, 0.1) is 11.8 Å². The van der Waals surface area contributed by atoms with Crippen molar-refractivity contribution in [2.24, 2.45) is 11.8 Å². The zero-order chi connectivity index (χ0) is 12.5. The molecule has 17 heavy (non-hydrogen) atoms. The van der Waals surface area contributed by atoms with Gasteiger partial charge in [-0.05, 0) is 31.3 Å². The minimum absolute atomic E-state index is 0.137. The van der Waals surface area contributed by atoms with Crippen molar-refractivity contribution >= 4 is 0 Å². The van der Waals surface area contributed by atoms with Crippen LogP contribution in [0.3, 0.4) is 0 Å². The first-order valence-electron chi connectivity index (χ1n) is 6.16. The topological polar surface area (TPSA) is 15.3 Å². The third-order valence-corrected chi connectivity index (χ3v) is 3.83. The zero-order valence-corrected chi connectivity index (χ0v) is 10.1. The first-order valence-corrected chi connectivity index (χ1v) is 6.16. The lowest BCUT2D eigenvalue weighted by Crippen LogP contribution is -2.37. The van der Waals surface area contributed by atoms with Crippen molar-refractivity contribution in [3.63, 3.8) is 0 Å². The molecule has 0 aromatic carbocycles. The van der Waals surface area contributed by atoms with E-state index in [9.17, 15) is 13.2 Å². The molecule has 2 heterocycles. The minimum Gasteiger partial charge on any atom is -0.316 e. The van der Waals surface area contributed by atoms with Crippen LogP contribution in [-0.2, 0) is 0 Å². The van der Waals surface area contributed by atoms with Gasteiger partial charge >= 0.3 is 6.18 Å². The second-order valence-electron chi connectivity index (χ2n) is 5.13. The average molecular weight is 248 g/mol. The molecule has 2 rings (SSSR count). The molecular formula is C12H19F3N2. The highest BCUT2D eigenvalue weighted by Gasteiger charge is 2.35. The van der Waals surface area contributed by atoms with E-state index in [0.717, 1.165) is 19.6 Å². The van der Waals surface area contributed by atoms with Gasteiger partial charge in [-0.3, -0.25) is 4.90 Å². The van der Waals surface area contributed by atoms with E-state index in [1.807, 2.05) is 0 Å². The molecule has 0 aromatic heterocycles. The predicted octanol–water partition coefficient (Wildman–Crippen LogP) is 2.04. The second kappa shape index (κ2) is 4.98. The van der Waals surface area contributed by atoms with Gasteiger partial charge < -0.3 is 5.32 Å². The molecule has 0 aromatic rings. The van der Waals surface area contributed by atoms with Crippen molar-refractivity contribution in [2.75, 3.05) is 32.7 Å². The van der Waals surface area contributed by atoms with E-state index < -0.39 is 6.18 Å². The quantitative estimate of drug-likeness (QED) is 0.752. The third kappa shape index (κ3) is 3.22. The van der Waals surface area contributed by atoms with E-state index >= 15 is 0 Å². The minimum atomic E-state index is -4.13. The molecule has 1 saturated heterocycles. The number of nitrogens with one attached hydrogen (secondary N) is 1. The van der Waals surface area contributed by atoms with Crippen LogP contribution in [0.15, 0.2) is 11.6 Å². The molecule has 2 nitrogen and oxygen atoms in total. The van der Waals surface area contributed by atoms with E-state index in [4.69, 9.17) is 0 Å². The summed E-state index contributed by atoms with van der Waals surface area (Å²) >= 11 is 0. The zero-order valence-electron chi connectivity index (χ0n) is 10.1. The Morgan fingerprint density at radius 1 is 1.41 bits per heavy atom. The molecule has 2 aliphatic heterocycles. The molecule has 5 heteroatoms. The Kier molecular flexibility index (Phi) is 3.78. The largest absolute Gasteiger partial charge is 0.412 e. The van der Waals surface area contributed by atoms with Crippen molar-refractivity contribution < 1.29 is 13.2 Å². The summed E-state index contributed by atoms with van der Waals surface area (Å²) in [4.78, 5) is 2.13. The van der Waals surface area contributed by atoms with Crippen LogP contribution >= 0.6 is 0 Å². The smallest absolute Gasteiger partial charge is 0.316 e. The highest BCUT2D eigenvalue weighted by atomic mass is 19.4. The van der Waals surface area contributed by atoms with Crippen LogP contribution in [0.5, 0.6) is 0 Å². The Morgan fingerprint density at radius 3 is 2.65 bits per heavy atom. The summed E-state index contributed by atoms with van der Waals surface area (Å²) in [6.45, 7) is 6.11. The Balaban J connectivity index is 1.85. The van der Waals surface area contributed by atoms with Crippen molar-refractivity contribution in [3.8, 4) is 0 Å². The van der Waals surface area contributed by atoms with Gasteiger partial charge in [-0.1, -0.05) is 13.0 Å². The number of hydrogen-bond acceptors (Lipinski definition) is 2. The summed E-state index contributed by atoms with van der Waals surface area (Å²) in [5.41, 5.74) is -0.355. The molecule has 1 N–H and O–H groups in total. The molecule has 0 spiro atoms. The molecule has 0 aliphatic carbocycles. The van der Waals surface area contributed by atoms with Gasteiger partial charge in [-0.15, -0.1) is 0 Å². The van der Waals surface area contributed by atoms with Gasteiger partial charge in [0.15, 0.2) is 0 Å². The molecule has 2 unspecified atom stereocenters. The standard InChI is InChI=1S/C12H19F3N2/c1-9-6-16-7-10(9)8-17-4-2-11(3-5-17)12(13,14)15/h2,9-10,16H,3-8H2,1H3. The monoisotopic (exact) mass is 248 g/mol. The summed E-state index contributed by atoms with van der Waals surface area (Å²) < 4.78 is 37.3. The SMILES string of the molecule is CC1CNCC1CN1CC=C(C(F)(F)F)CC1. The van der Waals surface area contributed by atoms with Crippen LogP contribution < -0.4 is 5.32 Å². The summed E-state index contributed by atoms with van der Waals surface area (Å²) in [7, 11) is 0. The van der Waals surface area contributed by atoms with Gasteiger partial charge in [0, 0.05) is 25.2 Å². The first kappa shape index (κ1) is 12.9. The lowest BCUT2D eigenvalue weighted by atomic mass is 9.96. The Bertz CT molecular complexity index is 299. The number of rotatable bonds is 2. The molecule has 98 valence electrons. The lowest BCUT2D eigenvalue weighted by Gasteiger charge is -2.30. The fourth-order valence-electron chi connectivity index (χ4n) is 2.57. The van der Waals surface area contributed by atoms with E-state index in [0.29, 0.717) is 24.9 Å². The van der Waals surface area contributed by atoms with Crippen LogP contribution in [-0.4, -0.2) is 43.8 Å². The van der Waals surface area contributed by atoms with Gasteiger partial charge in [0.1, 0.15) is 0 Å². The van der Waals surface area contributed by atoms with E-state index in [1.54, 1.807) is 0 Å². The summed E-state index contributed by atoms with van der Waals surface area (Å²) in [5, 5.41) is 3.32. The molecular weight excluding hydrogens is 229 g/mol. The molecule has 2 atom stereocenters. The number of alkyl halides is 3. The second-order valence-corrected chi connectivity index (χ2v) is 5.13. The molecule has 0 radical (unpaired) electrons. The highest BCUT2D eigenvalue weighted by Crippen LogP contribution is 2.30. The predicted molar refractivity (Wildman–Crippen MR) is 60.7 cm³/mol. The Hall–Kier alpha value is -0.550. The average Bonchev–Trinajstić information content (AvgIpc) is 2.64. The van der Waals surface area contributed by atoms with Crippen molar-refractivity contribution in [1.29, 1.82) is 0 Å². The summed E-state index contributed by atoms with van der Waals surface area (Å²) in [6, 6.07) is 0. The van der Waals surface area contributed by atoms with Crippen molar-refractivity contribution in [2.45, 2.75) is 19.5 Å². The molecule has 0 amide bonds. The van der Waals surface area contributed by atoms with E-state index in [2.05, 4.69) is 17.1 Å². The van der Waals surface area contributed by atoms with Crippen molar-refractivity contribution in [3.05, 3.63) is 11.6 Å². The van der Waals surface area contributed by atoms with Gasteiger partial charge in [0.2, 0.25) is 0 Å². The first-order chi connectivity index (χ1) is 7.97. The summed E-state index contributed by atoms with van der Waals surface area (Å²) in [6.07, 6.45) is -2.65. The van der Waals surface area contributed by atoms with Crippen LogP contribution in [0.2, 0.25) is 0 Å².